The van der Waals surface area contributed by atoms with Crippen molar-refractivity contribution in [1.29, 1.82) is 0 Å². The van der Waals surface area contributed by atoms with E-state index in [0.29, 0.717) is 5.56 Å². The van der Waals surface area contributed by atoms with Crippen LogP contribution in [0.15, 0.2) is 36.7 Å². The molecule has 0 saturated carbocycles. The van der Waals surface area contributed by atoms with E-state index in [-0.39, 0.29) is 11.9 Å². The van der Waals surface area contributed by atoms with Crippen molar-refractivity contribution in [1.82, 2.24) is 15.2 Å². The number of nitrogens with one attached hydrogen (secondary N) is 1. The molecule has 6 heteroatoms. The standard InChI is InChI=1S/C10H7IN4O/c11-8-3-1-7(2-4-8)9(16)14-10-12-5-6-13-15-10/h1-6H,(H,12,14,15,16). The van der Waals surface area contributed by atoms with E-state index in [1.54, 1.807) is 12.1 Å². The zero-order valence-corrected chi connectivity index (χ0v) is 10.2. The average molecular weight is 326 g/mol. The van der Waals surface area contributed by atoms with E-state index in [4.69, 9.17) is 0 Å². The fourth-order valence-corrected chi connectivity index (χ4v) is 1.44. The summed E-state index contributed by atoms with van der Waals surface area (Å²) in [6.45, 7) is 0. The van der Waals surface area contributed by atoms with Gasteiger partial charge in [-0.15, -0.1) is 5.10 Å². The summed E-state index contributed by atoms with van der Waals surface area (Å²) in [6.07, 6.45) is 2.91. The third-order valence-corrected chi connectivity index (χ3v) is 2.53. The van der Waals surface area contributed by atoms with Gasteiger partial charge in [0.1, 0.15) is 0 Å². The molecule has 1 aromatic heterocycles. The summed E-state index contributed by atoms with van der Waals surface area (Å²) in [7, 11) is 0. The number of halogens is 1. The Morgan fingerprint density at radius 2 is 1.94 bits per heavy atom. The van der Waals surface area contributed by atoms with Gasteiger partial charge in [0.05, 0.1) is 12.4 Å². The second kappa shape index (κ2) is 4.97. The zero-order valence-electron chi connectivity index (χ0n) is 8.09. The number of anilines is 1. The first-order valence-corrected chi connectivity index (χ1v) is 5.54. The molecule has 16 heavy (non-hydrogen) atoms. The SMILES string of the molecule is O=C(Nc1nccnn1)c1ccc(I)cc1. The van der Waals surface area contributed by atoms with Crippen LogP contribution in [-0.2, 0) is 0 Å². The van der Waals surface area contributed by atoms with Gasteiger partial charge in [-0.05, 0) is 46.9 Å². The van der Waals surface area contributed by atoms with Crippen LogP contribution in [0.1, 0.15) is 10.4 Å². The molecule has 80 valence electrons. The van der Waals surface area contributed by atoms with Crippen LogP contribution >= 0.6 is 22.6 Å². The summed E-state index contributed by atoms with van der Waals surface area (Å²) < 4.78 is 1.08. The van der Waals surface area contributed by atoms with Crippen molar-refractivity contribution in [2.24, 2.45) is 0 Å². The van der Waals surface area contributed by atoms with E-state index in [9.17, 15) is 4.79 Å². The smallest absolute Gasteiger partial charge is 0.258 e. The van der Waals surface area contributed by atoms with Crippen molar-refractivity contribution in [2.75, 3.05) is 5.32 Å². The lowest BCUT2D eigenvalue weighted by Crippen LogP contribution is -2.14. The molecular weight excluding hydrogens is 319 g/mol. The molecule has 1 aromatic carbocycles. The van der Waals surface area contributed by atoms with E-state index in [2.05, 4.69) is 43.1 Å². The van der Waals surface area contributed by atoms with Gasteiger partial charge in [0, 0.05) is 9.13 Å². The first kappa shape index (κ1) is 10.9. The first-order chi connectivity index (χ1) is 7.75. The Morgan fingerprint density at radius 3 is 2.56 bits per heavy atom. The molecule has 2 rings (SSSR count). The Bertz CT molecular complexity index is 486. The number of hydrogen-bond acceptors (Lipinski definition) is 4. The minimum Gasteiger partial charge on any atom is -0.289 e. The van der Waals surface area contributed by atoms with Crippen LogP contribution in [0.3, 0.4) is 0 Å². The molecule has 0 aliphatic rings. The Morgan fingerprint density at radius 1 is 1.19 bits per heavy atom. The van der Waals surface area contributed by atoms with Crippen LogP contribution < -0.4 is 5.32 Å². The molecular formula is C10H7IN4O. The highest BCUT2D eigenvalue weighted by atomic mass is 127. The topological polar surface area (TPSA) is 67.8 Å². The van der Waals surface area contributed by atoms with Gasteiger partial charge in [-0.1, -0.05) is 0 Å². The number of benzene rings is 1. The van der Waals surface area contributed by atoms with Crippen LogP contribution in [-0.4, -0.2) is 21.1 Å². The number of amides is 1. The second-order valence-electron chi connectivity index (χ2n) is 2.93. The van der Waals surface area contributed by atoms with Crippen LogP contribution in [0, 0.1) is 3.57 Å². The van der Waals surface area contributed by atoms with Gasteiger partial charge in [0.2, 0.25) is 5.95 Å². The summed E-state index contributed by atoms with van der Waals surface area (Å²) in [6, 6.07) is 7.21. The van der Waals surface area contributed by atoms with Crippen molar-refractivity contribution >= 4 is 34.4 Å². The summed E-state index contributed by atoms with van der Waals surface area (Å²) in [5, 5.41) is 9.84. The van der Waals surface area contributed by atoms with Gasteiger partial charge in [0.25, 0.3) is 5.91 Å². The highest BCUT2D eigenvalue weighted by Crippen LogP contribution is 2.08. The van der Waals surface area contributed by atoms with Gasteiger partial charge >= 0.3 is 0 Å². The lowest BCUT2D eigenvalue weighted by molar-refractivity contribution is 0.102. The lowest BCUT2D eigenvalue weighted by atomic mass is 10.2. The molecule has 2 aromatic rings. The van der Waals surface area contributed by atoms with Gasteiger partial charge in [-0.25, -0.2) is 4.98 Å². The second-order valence-corrected chi connectivity index (χ2v) is 4.17. The van der Waals surface area contributed by atoms with E-state index < -0.39 is 0 Å². The Hall–Kier alpha value is -1.57. The molecule has 5 nitrogen and oxygen atoms in total. The largest absolute Gasteiger partial charge is 0.289 e. The summed E-state index contributed by atoms with van der Waals surface area (Å²) >= 11 is 2.18. The number of nitrogens with zero attached hydrogens (tertiary/aromatic N) is 3. The van der Waals surface area contributed by atoms with E-state index in [1.165, 1.54) is 12.4 Å². The first-order valence-electron chi connectivity index (χ1n) is 4.46. The maximum Gasteiger partial charge on any atom is 0.258 e. The predicted molar refractivity (Wildman–Crippen MR) is 66.9 cm³/mol. The van der Waals surface area contributed by atoms with Crippen molar-refractivity contribution in [2.45, 2.75) is 0 Å². The lowest BCUT2D eigenvalue weighted by Gasteiger charge is -2.02. The number of carbonyl (C=O) groups excluding carboxylic acids is 1. The fraction of sp³-hybridized carbons (Fsp3) is 0. The molecule has 0 aliphatic heterocycles. The third kappa shape index (κ3) is 2.72. The van der Waals surface area contributed by atoms with Crippen LogP contribution in [0.4, 0.5) is 5.95 Å². The highest BCUT2D eigenvalue weighted by molar-refractivity contribution is 14.1. The minimum absolute atomic E-state index is 0.200. The predicted octanol–water partition coefficient (Wildman–Crippen LogP) is 1.73. The van der Waals surface area contributed by atoms with Crippen molar-refractivity contribution < 1.29 is 4.79 Å². The van der Waals surface area contributed by atoms with E-state index in [1.807, 2.05) is 12.1 Å². The zero-order chi connectivity index (χ0) is 11.4. The molecule has 0 aliphatic carbocycles. The molecule has 0 spiro atoms. The van der Waals surface area contributed by atoms with Crippen molar-refractivity contribution in [3.63, 3.8) is 0 Å². The van der Waals surface area contributed by atoms with E-state index >= 15 is 0 Å². The molecule has 1 heterocycles. The number of rotatable bonds is 2. The number of aromatic nitrogens is 3. The summed E-state index contributed by atoms with van der Waals surface area (Å²) in [5.74, 6) is -0.0459. The number of hydrogen-bond donors (Lipinski definition) is 1. The average Bonchev–Trinajstić information content (AvgIpc) is 2.31. The van der Waals surface area contributed by atoms with E-state index in [0.717, 1.165) is 3.57 Å². The summed E-state index contributed by atoms with van der Waals surface area (Å²) in [5.41, 5.74) is 0.563. The maximum absolute atomic E-state index is 11.7. The molecule has 0 fully saturated rings. The van der Waals surface area contributed by atoms with Gasteiger partial charge in [-0.3, -0.25) is 10.1 Å². The Labute approximate surface area is 105 Å². The number of carbonyl (C=O) groups is 1. The fourth-order valence-electron chi connectivity index (χ4n) is 1.08. The monoisotopic (exact) mass is 326 g/mol. The molecule has 0 unspecified atom stereocenters. The van der Waals surface area contributed by atoms with Crippen LogP contribution in [0.25, 0.3) is 0 Å². The minimum atomic E-state index is -0.246. The maximum atomic E-state index is 11.7. The van der Waals surface area contributed by atoms with Crippen molar-refractivity contribution in [3.8, 4) is 0 Å². The third-order valence-electron chi connectivity index (χ3n) is 1.81. The Balaban J connectivity index is 2.12. The van der Waals surface area contributed by atoms with Crippen LogP contribution in [0.5, 0.6) is 0 Å². The molecule has 1 N–H and O–H groups in total. The Kier molecular flexibility index (Phi) is 3.40. The molecule has 1 amide bonds. The van der Waals surface area contributed by atoms with Crippen LogP contribution in [0.2, 0.25) is 0 Å². The van der Waals surface area contributed by atoms with Gasteiger partial charge in [-0.2, -0.15) is 5.10 Å². The van der Waals surface area contributed by atoms with Gasteiger partial charge in [0.15, 0.2) is 0 Å². The van der Waals surface area contributed by atoms with Crippen molar-refractivity contribution in [3.05, 3.63) is 45.8 Å². The molecule has 0 saturated heterocycles. The molecule has 0 atom stereocenters. The highest BCUT2D eigenvalue weighted by Gasteiger charge is 2.06. The molecule has 0 bridgehead atoms. The normalized spacial score (nSPS) is 9.81. The quantitative estimate of drug-likeness (QED) is 0.854. The summed E-state index contributed by atoms with van der Waals surface area (Å²) in [4.78, 5) is 15.6. The molecule has 0 radical (unpaired) electrons. The van der Waals surface area contributed by atoms with Gasteiger partial charge < -0.3 is 0 Å².